The van der Waals surface area contributed by atoms with E-state index in [1.54, 1.807) is 4.90 Å². The Kier molecular flexibility index (Phi) is 4.55. The number of likely N-dealkylation sites (tertiary alicyclic amines) is 2. The molecular weight excluding hydrogens is 316 g/mol. The smallest absolute Gasteiger partial charge is 0.313 e. The van der Waals surface area contributed by atoms with Crippen LogP contribution >= 0.6 is 0 Å². The molecule has 0 bridgehead atoms. The van der Waals surface area contributed by atoms with Gasteiger partial charge in [-0.15, -0.1) is 10.2 Å². The zero-order valence-electron chi connectivity index (χ0n) is 13.9. The number of aliphatic carboxylic acids is 1. The summed E-state index contributed by atoms with van der Waals surface area (Å²) in [5.41, 5.74) is -0.934. The number of fused-ring (bicyclic) bond motifs is 1. The Bertz CT molecular complexity index is 633. The Morgan fingerprint density at radius 2 is 2.08 bits per heavy atom. The Labute approximate surface area is 139 Å². The minimum atomic E-state index is -0.934. The van der Waals surface area contributed by atoms with Gasteiger partial charge in [0.25, 0.3) is 0 Å². The number of aryl methyl sites for hydroxylation is 1. The number of carbonyl (C=O) groups excluding carboxylic acids is 1. The van der Waals surface area contributed by atoms with Crippen LogP contribution in [0.15, 0.2) is 4.42 Å². The number of hydrogen-bond acceptors (Lipinski definition) is 7. The van der Waals surface area contributed by atoms with Crippen LogP contribution in [-0.4, -0.2) is 76.9 Å². The number of nitrogens with zero attached hydrogens (tertiary/aromatic N) is 4. The maximum Gasteiger partial charge on any atom is 0.313 e. The van der Waals surface area contributed by atoms with Crippen molar-refractivity contribution in [2.45, 2.75) is 19.9 Å². The first kappa shape index (κ1) is 16.8. The minimum absolute atomic E-state index is 0.0199. The lowest BCUT2D eigenvalue weighted by Gasteiger charge is -2.24. The summed E-state index contributed by atoms with van der Waals surface area (Å²) in [6, 6.07) is 0. The van der Waals surface area contributed by atoms with E-state index in [1.807, 2.05) is 11.8 Å². The fourth-order valence-corrected chi connectivity index (χ4v) is 3.68. The van der Waals surface area contributed by atoms with Gasteiger partial charge in [0, 0.05) is 45.6 Å². The molecule has 0 saturated carbocycles. The number of hydrogen-bond donors (Lipinski definition) is 1. The number of carboxylic acids is 1. The summed E-state index contributed by atoms with van der Waals surface area (Å²) in [5, 5.41) is 17.7. The van der Waals surface area contributed by atoms with Crippen molar-refractivity contribution in [1.29, 1.82) is 0 Å². The molecule has 0 unspecified atom stereocenters. The van der Waals surface area contributed by atoms with Gasteiger partial charge in [0.15, 0.2) is 0 Å². The highest BCUT2D eigenvalue weighted by molar-refractivity contribution is 5.82. The van der Waals surface area contributed by atoms with Crippen molar-refractivity contribution < 1.29 is 23.8 Å². The molecule has 0 radical (unpaired) electrons. The summed E-state index contributed by atoms with van der Waals surface area (Å²) in [6.07, 6.45) is 0.672. The lowest BCUT2D eigenvalue weighted by Crippen LogP contribution is -2.42. The fraction of sp³-hybridized carbons (Fsp3) is 0.733. The molecule has 9 nitrogen and oxygen atoms in total. The quantitative estimate of drug-likeness (QED) is 0.748. The van der Waals surface area contributed by atoms with Crippen molar-refractivity contribution in [2.24, 2.45) is 11.3 Å². The van der Waals surface area contributed by atoms with E-state index in [4.69, 9.17) is 9.15 Å². The summed E-state index contributed by atoms with van der Waals surface area (Å²) in [4.78, 5) is 27.6. The second-order valence-corrected chi connectivity index (χ2v) is 6.48. The molecule has 0 spiro atoms. The molecule has 1 aromatic rings. The van der Waals surface area contributed by atoms with E-state index >= 15 is 0 Å². The lowest BCUT2D eigenvalue weighted by molar-refractivity contribution is -0.149. The van der Waals surface area contributed by atoms with Crippen LogP contribution in [0.2, 0.25) is 0 Å². The Hall–Kier alpha value is -2.00. The number of ether oxygens (including phenoxy) is 1. The van der Waals surface area contributed by atoms with Crippen LogP contribution in [0.25, 0.3) is 0 Å². The highest BCUT2D eigenvalue weighted by atomic mass is 16.5. The van der Waals surface area contributed by atoms with Gasteiger partial charge in [-0.1, -0.05) is 6.92 Å². The third kappa shape index (κ3) is 2.89. The second kappa shape index (κ2) is 6.48. The fourth-order valence-electron chi connectivity index (χ4n) is 3.68. The van der Waals surface area contributed by atoms with Crippen molar-refractivity contribution in [3.63, 3.8) is 0 Å². The summed E-state index contributed by atoms with van der Waals surface area (Å²) < 4.78 is 10.4. The molecule has 2 fully saturated rings. The van der Waals surface area contributed by atoms with Gasteiger partial charge in [0.05, 0.1) is 6.54 Å². The van der Waals surface area contributed by atoms with Crippen molar-refractivity contribution in [2.75, 3.05) is 39.9 Å². The van der Waals surface area contributed by atoms with Gasteiger partial charge in [0.1, 0.15) is 12.0 Å². The second-order valence-electron chi connectivity index (χ2n) is 6.48. The number of methoxy groups -OCH3 is 1. The van der Waals surface area contributed by atoms with Gasteiger partial charge in [-0.25, -0.2) is 0 Å². The molecule has 0 aliphatic carbocycles. The monoisotopic (exact) mass is 338 g/mol. The van der Waals surface area contributed by atoms with Gasteiger partial charge in [0.2, 0.25) is 17.7 Å². The molecule has 9 heteroatoms. The van der Waals surface area contributed by atoms with Crippen LogP contribution in [0, 0.1) is 11.3 Å². The van der Waals surface area contributed by atoms with Crippen LogP contribution in [0.4, 0.5) is 0 Å². The van der Waals surface area contributed by atoms with Crippen LogP contribution < -0.4 is 0 Å². The van der Waals surface area contributed by atoms with E-state index in [-0.39, 0.29) is 25.0 Å². The van der Waals surface area contributed by atoms with Crippen molar-refractivity contribution in [3.05, 3.63) is 11.8 Å². The zero-order chi connectivity index (χ0) is 17.3. The predicted molar refractivity (Wildman–Crippen MR) is 81.0 cm³/mol. The van der Waals surface area contributed by atoms with Gasteiger partial charge < -0.3 is 19.2 Å². The largest absolute Gasteiger partial charge is 0.481 e. The molecule has 1 amide bonds. The zero-order valence-corrected chi connectivity index (χ0v) is 13.9. The standard InChI is InChI=1S/C15H22N4O5/c1-3-11-16-17-12(24-11)6-18-4-10-5-19(13(20)7-23-2)9-15(10,8-18)14(21)22/h10H,3-9H2,1-2H3,(H,21,22)/t10-,15-/m0/s1. The van der Waals surface area contributed by atoms with Crippen LogP contribution in [0.3, 0.4) is 0 Å². The van der Waals surface area contributed by atoms with Crippen molar-refractivity contribution in [3.8, 4) is 0 Å². The highest BCUT2D eigenvalue weighted by Crippen LogP contribution is 2.43. The summed E-state index contributed by atoms with van der Waals surface area (Å²) in [5.74, 6) is -0.0521. The Balaban J connectivity index is 1.69. The minimum Gasteiger partial charge on any atom is -0.481 e. The van der Waals surface area contributed by atoms with Gasteiger partial charge in [-0.05, 0) is 0 Å². The van der Waals surface area contributed by atoms with Gasteiger partial charge in [-0.2, -0.15) is 0 Å². The van der Waals surface area contributed by atoms with E-state index in [0.717, 1.165) is 0 Å². The first-order valence-electron chi connectivity index (χ1n) is 8.02. The maximum absolute atomic E-state index is 12.0. The molecule has 0 aromatic carbocycles. The molecule has 3 heterocycles. The maximum atomic E-state index is 12.0. The normalized spacial score (nSPS) is 26.8. The molecule has 2 atom stereocenters. The molecule has 2 aliphatic heterocycles. The summed E-state index contributed by atoms with van der Waals surface area (Å²) >= 11 is 0. The van der Waals surface area contributed by atoms with Crippen molar-refractivity contribution in [1.82, 2.24) is 20.0 Å². The van der Waals surface area contributed by atoms with Crippen LogP contribution in [0.1, 0.15) is 18.7 Å². The molecule has 1 N–H and O–H groups in total. The van der Waals surface area contributed by atoms with Crippen LogP contribution in [-0.2, 0) is 27.3 Å². The highest BCUT2D eigenvalue weighted by Gasteiger charge is 2.58. The summed E-state index contributed by atoms with van der Waals surface area (Å²) in [6.45, 7) is 3.96. The number of carbonyl (C=O) groups is 2. The van der Waals surface area contributed by atoms with E-state index in [0.29, 0.717) is 44.4 Å². The molecule has 24 heavy (non-hydrogen) atoms. The van der Waals surface area contributed by atoms with E-state index < -0.39 is 11.4 Å². The molecular formula is C15H22N4O5. The SMILES string of the molecule is CCc1nnc(CN2C[C@H]3CN(C(=O)COC)C[C@@]3(C(=O)O)C2)o1. The number of aromatic nitrogens is 2. The third-order valence-electron chi connectivity index (χ3n) is 4.90. The number of carboxylic acid groups (broad SMARTS) is 1. The lowest BCUT2D eigenvalue weighted by atomic mass is 9.81. The van der Waals surface area contributed by atoms with E-state index in [2.05, 4.69) is 10.2 Å². The first-order valence-corrected chi connectivity index (χ1v) is 8.02. The number of rotatable bonds is 6. The van der Waals surface area contributed by atoms with E-state index in [1.165, 1.54) is 7.11 Å². The van der Waals surface area contributed by atoms with Gasteiger partial charge in [-0.3, -0.25) is 14.5 Å². The topological polar surface area (TPSA) is 109 Å². The Morgan fingerprint density at radius 1 is 1.33 bits per heavy atom. The Morgan fingerprint density at radius 3 is 2.67 bits per heavy atom. The molecule has 132 valence electrons. The average Bonchev–Trinajstić information content (AvgIpc) is 3.20. The summed E-state index contributed by atoms with van der Waals surface area (Å²) in [7, 11) is 1.46. The predicted octanol–water partition coefficient (Wildman–Crippen LogP) is -0.377. The van der Waals surface area contributed by atoms with Crippen molar-refractivity contribution >= 4 is 11.9 Å². The molecule has 3 rings (SSSR count). The van der Waals surface area contributed by atoms with Crippen LogP contribution in [0.5, 0.6) is 0 Å². The molecule has 2 aliphatic rings. The average molecular weight is 338 g/mol. The van der Waals surface area contributed by atoms with Gasteiger partial charge >= 0.3 is 5.97 Å². The first-order chi connectivity index (χ1) is 11.5. The van der Waals surface area contributed by atoms with E-state index in [9.17, 15) is 14.7 Å². The number of amides is 1. The molecule has 2 saturated heterocycles. The molecule has 1 aromatic heterocycles. The third-order valence-corrected chi connectivity index (χ3v) is 4.90.